The van der Waals surface area contributed by atoms with E-state index in [0.29, 0.717) is 21.7 Å². The van der Waals surface area contributed by atoms with Gasteiger partial charge in [-0.3, -0.25) is 4.79 Å². The summed E-state index contributed by atoms with van der Waals surface area (Å²) in [6.45, 7) is 1.83. The van der Waals surface area contributed by atoms with E-state index in [4.69, 9.17) is 23.2 Å². The molecule has 1 N–H and O–H groups in total. The lowest BCUT2D eigenvalue weighted by Crippen LogP contribution is -2.14. The molecule has 120 valence electrons. The van der Waals surface area contributed by atoms with Gasteiger partial charge in [0.2, 0.25) is 0 Å². The van der Waals surface area contributed by atoms with Crippen LogP contribution in [0.25, 0.3) is 11.1 Å². The molecular weight excluding hydrogens is 347 g/mol. The van der Waals surface area contributed by atoms with Gasteiger partial charge in [-0.25, -0.2) is 15.0 Å². The quantitative estimate of drug-likeness (QED) is 0.704. The number of pyridine rings is 3. The molecule has 3 aromatic heterocycles. The van der Waals surface area contributed by atoms with Crippen LogP contribution >= 0.6 is 23.2 Å². The molecule has 0 aliphatic carbocycles. The van der Waals surface area contributed by atoms with Gasteiger partial charge in [0.1, 0.15) is 16.0 Å². The Morgan fingerprint density at radius 3 is 2.38 bits per heavy atom. The second-order valence-electron chi connectivity index (χ2n) is 5.07. The number of aryl methyl sites for hydroxylation is 1. The zero-order valence-corrected chi connectivity index (χ0v) is 14.1. The summed E-state index contributed by atoms with van der Waals surface area (Å²) in [6, 6.07) is 10.4. The highest BCUT2D eigenvalue weighted by Gasteiger charge is 2.11. The molecule has 3 rings (SSSR count). The fourth-order valence-corrected chi connectivity index (χ4v) is 2.56. The highest BCUT2D eigenvalue weighted by molar-refractivity contribution is 6.30. The fourth-order valence-electron chi connectivity index (χ4n) is 2.21. The van der Waals surface area contributed by atoms with Gasteiger partial charge in [0, 0.05) is 23.8 Å². The first-order valence-electron chi connectivity index (χ1n) is 7.05. The lowest BCUT2D eigenvalue weighted by atomic mass is 10.1. The second-order valence-corrected chi connectivity index (χ2v) is 5.85. The van der Waals surface area contributed by atoms with Gasteiger partial charge in [0.05, 0.1) is 0 Å². The van der Waals surface area contributed by atoms with Crippen molar-refractivity contribution in [2.45, 2.75) is 6.92 Å². The molecule has 0 radical (unpaired) electrons. The monoisotopic (exact) mass is 358 g/mol. The van der Waals surface area contributed by atoms with E-state index in [-0.39, 0.29) is 5.91 Å². The van der Waals surface area contributed by atoms with Gasteiger partial charge in [-0.2, -0.15) is 0 Å². The van der Waals surface area contributed by atoms with Gasteiger partial charge in [0.25, 0.3) is 5.91 Å². The van der Waals surface area contributed by atoms with Gasteiger partial charge in [-0.1, -0.05) is 23.2 Å². The normalized spacial score (nSPS) is 10.5. The van der Waals surface area contributed by atoms with Crippen LogP contribution in [0.1, 0.15) is 16.2 Å². The van der Waals surface area contributed by atoms with E-state index in [9.17, 15) is 4.79 Å². The maximum Gasteiger partial charge on any atom is 0.274 e. The number of hydrogen-bond donors (Lipinski definition) is 1. The summed E-state index contributed by atoms with van der Waals surface area (Å²) in [7, 11) is 0. The van der Waals surface area contributed by atoms with Crippen molar-refractivity contribution in [3.8, 4) is 11.1 Å². The number of carbonyl (C=O) groups excluding carboxylic acids is 1. The average Bonchev–Trinajstić information content (AvgIpc) is 2.54. The van der Waals surface area contributed by atoms with Crippen molar-refractivity contribution in [1.82, 2.24) is 15.0 Å². The first kappa shape index (κ1) is 16.4. The molecule has 7 heteroatoms. The number of hydrogen-bond acceptors (Lipinski definition) is 4. The molecule has 0 aromatic carbocycles. The Bertz CT molecular complexity index is 915. The summed E-state index contributed by atoms with van der Waals surface area (Å²) in [5, 5.41) is 3.44. The van der Waals surface area contributed by atoms with Crippen molar-refractivity contribution < 1.29 is 4.79 Å². The molecule has 0 saturated carbocycles. The number of nitrogens with one attached hydrogen (secondary N) is 1. The van der Waals surface area contributed by atoms with E-state index >= 15 is 0 Å². The van der Waals surface area contributed by atoms with Crippen LogP contribution in [-0.2, 0) is 0 Å². The van der Waals surface area contributed by atoms with Crippen molar-refractivity contribution in [2.75, 3.05) is 5.32 Å². The summed E-state index contributed by atoms with van der Waals surface area (Å²) in [5.41, 5.74) is 3.27. The predicted octanol–water partition coefficient (Wildman–Crippen LogP) is 4.41. The Hall–Kier alpha value is -2.50. The van der Waals surface area contributed by atoms with Gasteiger partial charge in [-0.15, -0.1) is 0 Å². The van der Waals surface area contributed by atoms with E-state index < -0.39 is 0 Å². The minimum Gasteiger partial charge on any atom is -0.320 e. The topological polar surface area (TPSA) is 67.8 Å². The molecule has 0 bridgehead atoms. The lowest BCUT2D eigenvalue weighted by Gasteiger charge is -2.08. The van der Waals surface area contributed by atoms with E-state index in [1.165, 1.54) is 6.20 Å². The molecule has 3 aromatic rings. The summed E-state index contributed by atoms with van der Waals surface area (Å²) in [5.74, 6) is -0.331. The molecule has 0 spiro atoms. The fraction of sp³-hybridized carbons (Fsp3) is 0.0588. The Morgan fingerprint density at radius 1 is 0.958 bits per heavy atom. The zero-order valence-electron chi connectivity index (χ0n) is 12.6. The third-order valence-electron chi connectivity index (χ3n) is 3.23. The molecule has 1 amide bonds. The van der Waals surface area contributed by atoms with Crippen LogP contribution in [0.2, 0.25) is 10.3 Å². The van der Waals surface area contributed by atoms with Crippen LogP contribution in [0.5, 0.6) is 0 Å². The largest absolute Gasteiger partial charge is 0.320 e. The van der Waals surface area contributed by atoms with Gasteiger partial charge in [0.15, 0.2) is 0 Å². The minimum atomic E-state index is -0.331. The third-order valence-corrected chi connectivity index (χ3v) is 3.64. The maximum absolute atomic E-state index is 12.5. The SMILES string of the molecule is Cc1cc(-c2ccnc(Cl)c2)cc(C(=O)Nc2ccnc(Cl)c2)n1. The molecule has 0 fully saturated rings. The third kappa shape index (κ3) is 3.88. The molecular formula is C17H12Cl2N4O. The van der Waals surface area contributed by atoms with E-state index in [1.54, 1.807) is 30.5 Å². The van der Waals surface area contributed by atoms with Crippen LogP contribution in [0, 0.1) is 6.92 Å². The number of amides is 1. The van der Waals surface area contributed by atoms with Crippen LogP contribution in [0.3, 0.4) is 0 Å². The molecule has 3 heterocycles. The molecule has 24 heavy (non-hydrogen) atoms. The summed E-state index contributed by atoms with van der Waals surface area (Å²) < 4.78 is 0. The average molecular weight is 359 g/mol. The number of rotatable bonds is 3. The van der Waals surface area contributed by atoms with Crippen molar-refractivity contribution in [2.24, 2.45) is 0 Å². The Kier molecular flexibility index (Phi) is 4.74. The Balaban J connectivity index is 1.92. The Morgan fingerprint density at radius 2 is 1.67 bits per heavy atom. The first-order chi connectivity index (χ1) is 11.5. The van der Waals surface area contributed by atoms with E-state index in [0.717, 1.165) is 16.8 Å². The standard InChI is InChI=1S/C17H12Cl2N4O/c1-10-6-12(11-2-4-20-15(18)8-11)7-14(22-10)17(24)23-13-3-5-21-16(19)9-13/h2-9H,1H3,(H,21,23,24). The van der Waals surface area contributed by atoms with Crippen LogP contribution in [0.4, 0.5) is 5.69 Å². The highest BCUT2D eigenvalue weighted by atomic mass is 35.5. The number of nitrogens with zero attached hydrogens (tertiary/aromatic N) is 3. The number of aromatic nitrogens is 3. The lowest BCUT2D eigenvalue weighted by molar-refractivity contribution is 0.102. The smallest absolute Gasteiger partial charge is 0.274 e. The molecule has 0 unspecified atom stereocenters. The second kappa shape index (κ2) is 6.95. The van der Waals surface area contributed by atoms with Crippen molar-refractivity contribution in [1.29, 1.82) is 0 Å². The predicted molar refractivity (Wildman–Crippen MR) is 94.4 cm³/mol. The number of halogens is 2. The summed E-state index contributed by atoms with van der Waals surface area (Å²) >= 11 is 11.8. The van der Waals surface area contributed by atoms with Crippen LogP contribution < -0.4 is 5.32 Å². The van der Waals surface area contributed by atoms with Crippen molar-refractivity contribution in [3.05, 3.63) is 70.5 Å². The molecule has 0 atom stereocenters. The van der Waals surface area contributed by atoms with Gasteiger partial charge in [-0.05, 0) is 54.4 Å². The maximum atomic E-state index is 12.5. The molecule has 0 saturated heterocycles. The summed E-state index contributed by atoms with van der Waals surface area (Å²) in [4.78, 5) is 24.6. The molecule has 0 aliphatic heterocycles. The zero-order chi connectivity index (χ0) is 17.1. The van der Waals surface area contributed by atoms with E-state index in [1.807, 2.05) is 19.1 Å². The highest BCUT2D eigenvalue weighted by Crippen LogP contribution is 2.23. The van der Waals surface area contributed by atoms with Crippen LogP contribution in [0.15, 0.2) is 48.8 Å². The summed E-state index contributed by atoms with van der Waals surface area (Å²) in [6.07, 6.45) is 3.14. The number of carbonyl (C=O) groups is 1. The molecule has 0 aliphatic rings. The minimum absolute atomic E-state index is 0.297. The first-order valence-corrected chi connectivity index (χ1v) is 7.80. The Labute approximate surface area is 148 Å². The van der Waals surface area contributed by atoms with Crippen molar-refractivity contribution in [3.63, 3.8) is 0 Å². The molecule has 5 nitrogen and oxygen atoms in total. The number of anilines is 1. The van der Waals surface area contributed by atoms with Crippen LogP contribution in [-0.4, -0.2) is 20.9 Å². The van der Waals surface area contributed by atoms with Crippen molar-refractivity contribution >= 4 is 34.8 Å². The van der Waals surface area contributed by atoms with E-state index in [2.05, 4.69) is 20.3 Å². The van der Waals surface area contributed by atoms with Gasteiger partial charge >= 0.3 is 0 Å². The van der Waals surface area contributed by atoms with Gasteiger partial charge < -0.3 is 5.32 Å².